The Morgan fingerprint density at radius 2 is 2.00 bits per heavy atom. The summed E-state index contributed by atoms with van der Waals surface area (Å²) in [5.74, 6) is 0.138. The monoisotopic (exact) mass is 356 g/mol. The molecule has 0 saturated carbocycles. The van der Waals surface area contributed by atoms with Crippen molar-refractivity contribution in [3.63, 3.8) is 0 Å². The zero-order valence-corrected chi connectivity index (χ0v) is 15.1. The summed E-state index contributed by atoms with van der Waals surface area (Å²) in [6.07, 6.45) is 4.86. The number of pyridine rings is 1. The summed E-state index contributed by atoms with van der Waals surface area (Å²) < 4.78 is 1.74. The number of carbonyl (C=O) groups excluding carboxylic acids is 2. The molecule has 3 rings (SSSR count). The minimum absolute atomic E-state index is 0.0450. The predicted octanol–water partition coefficient (Wildman–Crippen LogP) is 1.54. The van der Waals surface area contributed by atoms with Crippen LogP contribution in [0.15, 0.2) is 30.6 Å². The molecule has 2 amide bonds. The van der Waals surface area contributed by atoms with Gasteiger partial charge in [0.25, 0.3) is 11.8 Å². The van der Waals surface area contributed by atoms with Crippen LogP contribution in [0.5, 0.6) is 0 Å². The van der Waals surface area contributed by atoms with Gasteiger partial charge in [0, 0.05) is 25.8 Å². The van der Waals surface area contributed by atoms with Crippen molar-refractivity contribution in [3.8, 4) is 0 Å². The second kappa shape index (κ2) is 8.07. The summed E-state index contributed by atoms with van der Waals surface area (Å²) in [5.41, 5.74) is 0.799. The minimum Gasteiger partial charge on any atom is -0.350 e. The molecular formula is C18H24N6O2. The van der Waals surface area contributed by atoms with E-state index < -0.39 is 0 Å². The van der Waals surface area contributed by atoms with E-state index in [1.807, 2.05) is 24.8 Å². The fourth-order valence-electron chi connectivity index (χ4n) is 2.93. The highest BCUT2D eigenvalue weighted by Crippen LogP contribution is 2.22. The van der Waals surface area contributed by atoms with Gasteiger partial charge in [-0.05, 0) is 30.9 Å². The molecule has 0 aliphatic carbocycles. The first-order valence-corrected chi connectivity index (χ1v) is 8.95. The molecule has 0 spiro atoms. The van der Waals surface area contributed by atoms with E-state index in [4.69, 9.17) is 0 Å². The van der Waals surface area contributed by atoms with Gasteiger partial charge < -0.3 is 10.2 Å². The Morgan fingerprint density at radius 3 is 2.65 bits per heavy atom. The van der Waals surface area contributed by atoms with E-state index in [-0.39, 0.29) is 17.9 Å². The molecule has 2 aromatic rings. The van der Waals surface area contributed by atoms with E-state index in [9.17, 15) is 9.59 Å². The Kier molecular flexibility index (Phi) is 5.60. The number of amides is 2. The summed E-state index contributed by atoms with van der Waals surface area (Å²) in [4.78, 5) is 30.4. The molecule has 138 valence electrons. The quantitative estimate of drug-likeness (QED) is 0.877. The van der Waals surface area contributed by atoms with Crippen LogP contribution in [0.3, 0.4) is 0 Å². The lowest BCUT2D eigenvalue weighted by molar-refractivity contribution is 0.0683. The van der Waals surface area contributed by atoms with Crippen LogP contribution in [0, 0.1) is 5.92 Å². The highest BCUT2D eigenvalue weighted by molar-refractivity contribution is 5.92. The van der Waals surface area contributed by atoms with Crippen molar-refractivity contribution >= 4 is 11.8 Å². The number of hydrogen-bond donors (Lipinski definition) is 1. The van der Waals surface area contributed by atoms with Crippen molar-refractivity contribution in [2.45, 2.75) is 32.7 Å². The Morgan fingerprint density at radius 1 is 1.23 bits per heavy atom. The van der Waals surface area contributed by atoms with Gasteiger partial charge in [0.2, 0.25) is 0 Å². The number of rotatable bonds is 5. The molecule has 0 bridgehead atoms. The van der Waals surface area contributed by atoms with E-state index >= 15 is 0 Å². The molecule has 0 radical (unpaired) electrons. The molecule has 1 N–H and O–H groups in total. The minimum atomic E-state index is -0.201. The molecular weight excluding hydrogens is 332 g/mol. The van der Waals surface area contributed by atoms with Gasteiger partial charge in [-0.15, -0.1) is 5.10 Å². The lowest BCUT2D eigenvalue weighted by Gasteiger charge is -2.31. The first kappa shape index (κ1) is 18.0. The average Bonchev–Trinajstić information content (AvgIpc) is 3.16. The second-order valence-electron chi connectivity index (χ2n) is 6.93. The first-order valence-electron chi connectivity index (χ1n) is 8.95. The smallest absolute Gasteiger partial charge is 0.273 e. The second-order valence-corrected chi connectivity index (χ2v) is 6.93. The predicted molar refractivity (Wildman–Crippen MR) is 95.6 cm³/mol. The maximum Gasteiger partial charge on any atom is 0.273 e. The van der Waals surface area contributed by atoms with E-state index in [0.717, 1.165) is 12.8 Å². The van der Waals surface area contributed by atoms with E-state index in [0.29, 0.717) is 36.9 Å². The third-order valence-electron chi connectivity index (χ3n) is 4.42. The normalized spacial score (nSPS) is 15.3. The molecule has 1 saturated heterocycles. The number of piperidine rings is 1. The van der Waals surface area contributed by atoms with Gasteiger partial charge in [-0.2, -0.15) is 0 Å². The highest BCUT2D eigenvalue weighted by atomic mass is 16.2. The van der Waals surface area contributed by atoms with Gasteiger partial charge in [-0.25, -0.2) is 4.68 Å². The van der Waals surface area contributed by atoms with Crippen molar-refractivity contribution in [2.24, 2.45) is 5.92 Å². The summed E-state index contributed by atoms with van der Waals surface area (Å²) in [7, 11) is 0. The molecule has 1 aliphatic rings. The molecule has 0 aromatic carbocycles. The average molecular weight is 356 g/mol. The number of likely N-dealkylation sites (tertiary alicyclic amines) is 1. The van der Waals surface area contributed by atoms with Crippen LogP contribution in [0.1, 0.15) is 53.7 Å². The maximum atomic E-state index is 12.4. The number of hydrogen-bond acceptors (Lipinski definition) is 5. The van der Waals surface area contributed by atoms with Gasteiger partial charge in [0.15, 0.2) is 5.69 Å². The van der Waals surface area contributed by atoms with Crippen molar-refractivity contribution in [3.05, 3.63) is 42.0 Å². The standard InChI is InChI=1S/C18H24N6O2/c1-13(2)11-20-17(25)16-12-24(22-21-16)14-6-9-23(10-7-14)18(26)15-5-3-4-8-19-15/h3-5,8,12-14H,6-7,9-11H2,1-2H3,(H,20,25). The lowest BCUT2D eigenvalue weighted by atomic mass is 10.0. The Balaban J connectivity index is 1.55. The van der Waals surface area contributed by atoms with Gasteiger partial charge in [-0.1, -0.05) is 25.1 Å². The van der Waals surface area contributed by atoms with Crippen LogP contribution in [-0.4, -0.2) is 56.3 Å². The van der Waals surface area contributed by atoms with Gasteiger partial charge in [-0.3, -0.25) is 14.6 Å². The summed E-state index contributed by atoms with van der Waals surface area (Å²) in [6.45, 7) is 5.96. The molecule has 26 heavy (non-hydrogen) atoms. The zero-order chi connectivity index (χ0) is 18.5. The molecule has 8 heteroatoms. The Bertz CT molecular complexity index is 750. The maximum absolute atomic E-state index is 12.4. The van der Waals surface area contributed by atoms with Gasteiger partial charge >= 0.3 is 0 Å². The molecule has 8 nitrogen and oxygen atoms in total. The SMILES string of the molecule is CC(C)CNC(=O)c1cn(C2CCN(C(=O)c3ccccn3)CC2)nn1. The fourth-order valence-corrected chi connectivity index (χ4v) is 2.93. The van der Waals surface area contributed by atoms with Gasteiger partial charge in [0.05, 0.1) is 12.2 Å². The van der Waals surface area contributed by atoms with E-state index in [1.165, 1.54) is 0 Å². The molecule has 1 fully saturated rings. The number of nitrogens with zero attached hydrogens (tertiary/aromatic N) is 5. The number of aromatic nitrogens is 4. The highest BCUT2D eigenvalue weighted by Gasteiger charge is 2.26. The third kappa shape index (κ3) is 4.25. The molecule has 0 atom stereocenters. The van der Waals surface area contributed by atoms with Crippen LogP contribution in [0.2, 0.25) is 0 Å². The number of carbonyl (C=O) groups is 2. The lowest BCUT2D eigenvalue weighted by Crippen LogP contribution is -2.39. The van der Waals surface area contributed by atoms with Crippen LogP contribution in [0.4, 0.5) is 0 Å². The summed E-state index contributed by atoms with van der Waals surface area (Å²) in [6, 6.07) is 5.48. The van der Waals surface area contributed by atoms with Crippen LogP contribution in [0.25, 0.3) is 0 Å². The Labute approximate surface area is 152 Å². The number of nitrogens with one attached hydrogen (secondary N) is 1. The summed E-state index contributed by atoms with van der Waals surface area (Å²) in [5, 5.41) is 10.9. The molecule has 1 aliphatic heterocycles. The van der Waals surface area contributed by atoms with Crippen LogP contribution < -0.4 is 5.32 Å². The van der Waals surface area contributed by atoms with Crippen molar-refractivity contribution < 1.29 is 9.59 Å². The van der Waals surface area contributed by atoms with Crippen LogP contribution >= 0.6 is 0 Å². The fraction of sp³-hybridized carbons (Fsp3) is 0.500. The van der Waals surface area contributed by atoms with E-state index in [1.54, 1.807) is 29.2 Å². The van der Waals surface area contributed by atoms with Gasteiger partial charge in [0.1, 0.15) is 5.69 Å². The van der Waals surface area contributed by atoms with E-state index in [2.05, 4.69) is 20.6 Å². The van der Waals surface area contributed by atoms with Crippen molar-refractivity contribution in [1.29, 1.82) is 0 Å². The third-order valence-corrected chi connectivity index (χ3v) is 4.42. The molecule has 3 heterocycles. The summed E-state index contributed by atoms with van der Waals surface area (Å²) >= 11 is 0. The van der Waals surface area contributed by atoms with Crippen molar-refractivity contribution in [1.82, 2.24) is 30.2 Å². The van der Waals surface area contributed by atoms with Crippen LogP contribution in [-0.2, 0) is 0 Å². The molecule has 2 aromatic heterocycles. The van der Waals surface area contributed by atoms with Crippen molar-refractivity contribution in [2.75, 3.05) is 19.6 Å². The Hall–Kier alpha value is -2.77. The topological polar surface area (TPSA) is 93.0 Å². The zero-order valence-electron chi connectivity index (χ0n) is 15.1. The molecule has 0 unspecified atom stereocenters. The largest absolute Gasteiger partial charge is 0.350 e. The first-order chi connectivity index (χ1) is 12.5.